The van der Waals surface area contributed by atoms with Gasteiger partial charge in [0.2, 0.25) is 0 Å². The van der Waals surface area contributed by atoms with Crippen molar-refractivity contribution in [2.75, 3.05) is 26.2 Å². The second-order valence-corrected chi connectivity index (χ2v) is 8.18. The molecular weight excluding hydrogens is 424 g/mol. The van der Waals surface area contributed by atoms with Gasteiger partial charge < -0.3 is 25.6 Å². The van der Waals surface area contributed by atoms with E-state index in [2.05, 4.69) is 5.32 Å². The lowest BCUT2D eigenvalue weighted by molar-refractivity contribution is -0.146. The summed E-state index contributed by atoms with van der Waals surface area (Å²) < 4.78 is 5.75. The summed E-state index contributed by atoms with van der Waals surface area (Å²) in [6.45, 7) is 1.51. The Morgan fingerprint density at radius 2 is 1.64 bits per heavy atom. The number of rotatable bonds is 6. The molecule has 1 saturated carbocycles. The van der Waals surface area contributed by atoms with Crippen molar-refractivity contribution in [3.63, 3.8) is 0 Å². The molecule has 1 aliphatic heterocycles. The summed E-state index contributed by atoms with van der Waals surface area (Å²) in [5, 5.41) is 2.70. The molecule has 3 N–H and O–H groups in total. The third-order valence-corrected chi connectivity index (χ3v) is 5.68. The molecule has 2 aromatic rings. The van der Waals surface area contributed by atoms with Crippen LogP contribution in [0, 0.1) is 0 Å². The number of nitrogens with zero attached hydrogens (tertiary/aromatic N) is 2. The molecule has 0 unspecified atom stereocenters. The highest BCUT2D eigenvalue weighted by atomic mass is 16.5. The van der Waals surface area contributed by atoms with Gasteiger partial charge in [-0.2, -0.15) is 0 Å². The van der Waals surface area contributed by atoms with Crippen molar-refractivity contribution in [3.8, 4) is 5.75 Å². The van der Waals surface area contributed by atoms with Crippen molar-refractivity contribution >= 4 is 23.6 Å². The van der Waals surface area contributed by atoms with E-state index in [1.807, 2.05) is 6.07 Å². The van der Waals surface area contributed by atoms with E-state index in [1.54, 1.807) is 47.4 Å². The molecule has 0 aromatic heterocycles. The van der Waals surface area contributed by atoms with Crippen molar-refractivity contribution < 1.29 is 23.9 Å². The van der Waals surface area contributed by atoms with Crippen molar-refractivity contribution in [1.82, 2.24) is 15.1 Å². The monoisotopic (exact) mass is 450 g/mol. The molecule has 0 bridgehead atoms. The molecule has 2 aromatic carbocycles. The molecule has 1 heterocycles. The smallest absolute Gasteiger partial charge is 0.312 e. The van der Waals surface area contributed by atoms with Crippen LogP contribution < -0.4 is 15.8 Å². The van der Waals surface area contributed by atoms with Crippen molar-refractivity contribution in [2.24, 2.45) is 5.73 Å². The van der Waals surface area contributed by atoms with Gasteiger partial charge in [0.25, 0.3) is 11.8 Å². The Balaban J connectivity index is 1.33. The first-order valence-electron chi connectivity index (χ1n) is 10.9. The summed E-state index contributed by atoms with van der Waals surface area (Å²) in [6.07, 6.45) is 1.84. The SMILES string of the molecule is NC(=O)c1ccccc1OCc1cccc(C(=O)N2CCN(C(=O)C(=O)NC3CC3)CC2)c1. The minimum absolute atomic E-state index is 0.129. The van der Waals surface area contributed by atoms with Gasteiger partial charge >= 0.3 is 11.8 Å². The van der Waals surface area contributed by atoms with Gasteiger partial charge in [0.05, 0.1) is 5.56 Å². The highest BCUT2D eigenvalue weighted by molar-refractivity contribution is 6.35. The van der Waals surface area contributed by atoms with Crippen molar-refractivity contribution in [1.29, 1.82) is 0 Å². The average Bonchev–Trinajstić information content (AvgIpc) is 3.66. The van der Waals surface area contributed by atoms with Gasteiger partial charge in [-0.1, -0.05) is 24.3 Å². The number of hydrogen-bond acceptors (Lipinski definition) is 5. The number of nitrogens with one attached hydrogen (secondary N) is 1. The van der Waals surface area contributed by atoms with E-state index < -0.39 is 17.7 Å². The zero-order chi connectivity index (χ0) is 23.4. The molecule has 4 amide bonds. The van der Waals surface area contributed by atoms with Gasteiger partial charge in [0, 0.05) is 37.8 Å². The molecule has 172 valence electrons. The van der Waals surface area contributed by atoms with E-state index in [9.17, 15) is 19.2 Å². The van der Waals surface area contributed by atoms with Crippen molar-refractivity contribution in [3.05, 3.63) is 65.2 Å². The number of ether oxygens (including phenoxy) is 1. The molecule has 2 aliphatic rings. The predicted molar refractivity (Wildman–Crippen MR) is 119 cm³/mol. The van der Waals surface area contributed by atoms with Crippen LogP contribution in [0.2, 0.25) is 0 Å². The third kappa shape index (κ3) is 5.49. The van der Waals surface area contributed by atoms with Crippen LogP contribution >= 0.6 is 0 Å². The first kappa shape index (κ1) is 22.3. The number of hydrogen-bond donors (Lipinski definition) is 2. The summed E-state index contributed by atoms with van der Waals surface area (Å²) in [7, 11) is 0. The van der Waals surface area contributed by atoms with Crippen LogP contribution in [0.1, 0.15) is 39.1 Å². The van der Waals surface area contributed by atoms with Gasteiger partial charge in [0.1, 0.15) is 12.4 Å². The second-order valence-electron chi connectivity index (χ2n) is 8.18. The first-order chi connectivity index (χ1) is 15.9. The molecule has 4 rings (SSSR count). The van der Waals surface area contributed by atoms with Crippen LogP contribution in [0.4, 0.5) is 0 Å². The van der Waals surface area contributed by atoms with E-state index in [1.165, 1.54) is 4.90 Å². The van der Waals surface area contributed by atoms with Crippen molar-refractivity contribution in [2.45, 2.75) is 25.5 Å². The number of nitrogens with two attached hydrogens (primary N) is 1. The topological polar surface area (TPSA) is 122 Å². The number of piperazine rings is 1. The largest absolute Gasteiger partial charge is 0.488 e. The number of carbonyl (C=O) groups excluding carboxylic acids is 4. The molecule has 0 spiro atoms. The Morgan fingerprint density at radius 3 is 2.33 bits per heavy atom. The zero-order valence-corrected chi connectivity index (χ0v) is 18.2. The molecule has 2 fully saturated rings. The summed E-state index contributed by atoms with van der Waals surface area (Å²) in [4.78, 5) is 51.9. The van der Waals surface area contributed by atoms with Gasteiger partial charge in [-0.3, -0.25) is 19.2 Å². The molecule has 1 aliphatic carbocycles. The van der Waals surface area contributed by atoms with Gasteiger partial charge in [-0.25, -0.2) is 0 Å². The van der Waals surface area contributed by atoms with E-state index in [4.69, 9.17) is 10.5 Å². The second kappa shape index (κ2) is 9.72. The number of amides is 4. The van der Waals surface area contributed by atoms with E-state index in [0.29, 0.717) is 43.1 Å². The van der Waals surface area contributed by atoms with Crippen LogP contribution in [-0.2, 0) is 16.2 Å². The summed E-state index contributed by atoms with van der Waals surface area (Å²) >= 11 is 0. The fraction of sp³-hybridized carbons (Fsp3) is 0.333. The predicted octanol–water partition coefficient (Wildman–Crippen LogP) is 0.927. The summed E-state index contributed by atoms with van der Waals surface area (Å²) in [5.41, 5.74) is 6.95. The lowest BCUT2D eigenvalue weighted by Gasteiger charge is -2.34. The average molecular weight is 450 g/mol. The molecule has 0 radical (unpaired) electrons. The maximum absolute atomic E-state index is 13.0. The number of para-hydroxylation sites is 1. The molecule has 0 atom stereocenters. The van der Waals surface area contributed by atoms with Crippen LogP contribution in [0.3, 0.4) is 0 Å². The Labute approximate surface area is 191 Å². The van der Waals surface area contributed by atoms with E-state index in [-0.39, 0.29) is 18.6 Å². The Bertz CT molecular complexity index is 1070. The molecule has 1 saturated heterocycles. The molecular formula is C24H26N4O5. The van der Waals surface area contributed by atoms with E-state index >= 15 is 0 Å². The normalized spacial score (nSPS) is 15.6. The van der Waals surface area contributed by atoms with Crippen LogP contribution in [0.5, 0.6) is 5.75 Å². The maximum atomic E-state index is 13.0. The van der Waals surface area contributed by atoms with Crippen LogP contribution in [0.15, 0.2) is 48.5 Å². The van der Waals surface area contributed by atoms with Gasteiger partial charge in [0.15, 0.2) is 0 Å². The van der Waals surface area contributed by atoms with Crippen LogP contribution in [0.25, 0.3) is 0 Å². The Morgan fingerprint density at radius 1 is 0.939 bits per heavy atom. The van der Waals surface area contributed by atoms with Crippen LogP contribution in [-0.4, -0.2) is 65.6 Å². The Kier molecular flexibility index (Phi) is 6.58. The minimum Gasteiger partial charge on any atom is -0.488 e. The first-order valence-corrected chi connectivity index (χ1v) is 10.9. The highest BCUT2D eigenvalue weighted by Crippen LogP contribution is 2.20. The third-order valence-electron chi connectivity index (χ3n) is 5.68. The maximum Gasteiger partial charge on any atom is 0.312 e. The van der Waals surface area contributed by atoms with Gasteiger partial charge in [-0.15, -0.1) is 0 Å². The fourth-order valence-corrected chi connectivity index (χ4v) is 3.66. The van der Waals surface area contributed by atoms with E-state index in [0.717, 1.165) is 18.4 Å². The summed E-state index contributed by atoms with van der Waals surface area (Å²) in [6, 6.07) is 13.9. The highest BCUT2D eigenvalue weighted by Gasteiger charge is 2.31. The zero-order valence-electron chi connectivity index (χ0n) is 18.2. The lowest BCUT2D eigenvalue weighted by atomic mass is 10.1. The molecule has 9 nitrogen and oxygen atoms in total. The lowest BCUT2D eigenvalue weighted by Crippen LogP contribution is -2.54. The minimum atomic E-state index is -0.572. The number of primary amides is 1. The fourth-order valence-electron chi connectivity index (χ4n) is 3.66. The number of carbonyl (C=O) groups is 4. The quantitative estimate of drug-likeness (QED) is 0.634. The molecule has 9 heteroatoms. The van der Waals surface area contributed by atoms with Gasteiger partial charge in [-0.05, 0) is 42.7 Å². The Hall–Kier alpha value is -3.88. The number of benzene rings is 2. The molecule has 33 heavy (non-hydrogen) atoms. The summed E-state index contributed by atoms with van der Waals surface area (Å²) in [5.74, 6) is -1.44. The standard InChI is InChI=1S/C24H26N4O5/c25-21(29)19-6-1-2-7-20(19)33-15-16-4-3-5-17(14-16)23(31)27-10-12-28(13-11-27)24(32)22(30)26-18-8-9-18/h1-7,14,18H,8-13,15H2,(H2,25,29)(H,26,30).